The van der Waals surface area contributed by atoms with E-state index in [0.717, 1.165) is 9.13 Å². The Kier molecular flexibility index (Phi) is 6.53. The Bertz CT molecular complexity index is 703. The Hall–Kier alpha value is -1.47. The molecule has 0 radical (unpaired) electrons. The van der Waals surface area contributed by atoms with Crippen molar-refractivity contribution in [1.82, 2.24) is 0 Å². The Balaban J connectivity index is 2.25. The molecular weight excluding hydrogens is 431 g/mol. The van der Waals surface area contributed by atoms with Gasteiger partial charge in [-0.05, 0) is 47.7 Å². The highest BCUT2D eigenvalue weighted by molar-refractivity contribution is 14.1. The molecular formula is C17H16ClIO4. The Morgan fingerprint density at radius 3 is 2.65 bits per heavy atom. The fourth-order valence-corrected chi connectivity index (χ4v) is 2.90. The van der Waals surface area contributed by atoms with Crippen LogP contribution in [0.2, 0.25) is 5.02 Å². The van der Waals surface area contributed by atoms with E-state index in [0.29, 0.717) is 35.3 Å². The van der Waals surface area contributed by atoms with Gasteiger partial charge in [0.25, 0.3) is 0 Å². The molecule has 0 spiro atoms. The first-order valence-corrected chi connectivity index (χ1v) is 8.43. The highest BCUT2D eigenvalue weighted by Gasteiger charge is 2.16. The summed E-state index contributed by atoms with van der Waals surface area (Å²) in [5.41, 5.74) is 1.31. The zero-order valence-electron chi connectivity index (χ0n) is 12.8. The van der Waals surface area contributed by atoms with Crippen molar-refractivity contribution in [2.24, 2.45) is 0 Å². The molecule has 2 rings (SSSR count). The second kappa shape index (κ2) is 8.40. The Morgan fingerprint density at radius 1 is 1.26 bits per heavy atom. The monoisotopic (exact) mass is 446 g/mol. The predicted octanol–water partition coefficient (Wildman–Crippen LogP) is 4.71. The van der Waals surface area contributed by atoms with Gasteiger partial charge in [0.1, 0.15) is 6.61 Å². The van der Waals surface area contributed by atoms with E-state index in [1.807, 2.05) is 24.3 Å². The van der Waals surface area contributed by atoms with Crippen LogP contribution in [0.4, 0.5) is 0 Å². The molecule has 6 heteroatoms. The number of rotatable bonds is 6. The summed E-state index contributed by atoms with van der Waals surface area (Å²) in [6.07, 6.45) is 0. The van der Waals surface area contributed by atoms with E-state index in [-0.39, 0.29) is 5.97 Å². The maximum Gasteiger partial charge on any atom is 0.338 e. The van der Waals surface area contributed by atoms with E-state index in [1.54, 1.807) is 19.1 Å². The standard InChI is InChI=1S/C17H16ClIO4/c1-3-22-17(20)12-8-14(19)16(15(9-12)21-2)23-10-11-6-4-5-7-13(11)18/h4-9H,3,10H2,1-2H3. The first-order chi connectivity index (χ1) is 11.1. The second-order valence-corrected chi connectivity index (χ2v) is 6.16. The van der Waals surface area contributed by atoms with Crippen molar-refractivity contribution in [2.45, 2.75) is 13.5 Å². The van der Waals surface area contributed by atoms with Gasteiger partial charge in [0, 0.05) is 10.6 Å². The highest BCUT2D eigenvalue weighted by atomic mass is 127. The average Bonchev–Trinajstić information content (AvgIpc) is 2.54. The molecule has 0 bridgehead atoms. The van der Waals surface area contributed by atoms with Crippen LogP contribution >= 0.6 is 34.2 Å². The average molecular weight is 447 g/mol. The lowest BCUT2D eigenvalue weighted by Crippen LogP contribution is -2.07. The fraction of sp³-hybridized carbons (Fsp3) is 0.235. The van der Waals surface area contributed by atoms with Gasteiger partial charge in [0.15, 0.2) is 11.5 Å². The summed E-state index contributed by atoms with van der Waals surface area (Å²) in [5, 5.41) is 0.643. The molecule has 0 heterocycles. The molecule has 0 N–H and O–H groups in total. The molecule has 0 atom stereocenters. The van der Waals surface area contributed by atoms with E-state index < -0.39 is 0 Å². The number of esters is 1. The molecule has 0 aliphatic heterocycles. The minimum absolute atomic E-state index is 0.310. The second-order valence-electron chi connectivity index (χ2n) is 4.59. The van der Waals surface area contributed by atoms with Gasteiger partial charge in [-0.2, -0.15) is 0 Å². The van der Waals surface area contributed by atoms with Gasteiger partial charge in [-0.15, -0.1) is 0 Å². The van der Waals surface area contributed by atoms with Crippen LogP contribution in [0, 0.1) is 3.57 Å². The van der Waals surface area contributed by atoms with Crippen molar-refractivity contribution in [2.75, 3.05) is 13.7 Å². The van der Waals surface area contributed by atoms with Crippen LogP contribution in [0.5, 0.6) is 11.5 Å². The molecule has 0 unspecified atom stereocenters. The zero-order chi connectivity index (χ0) is 16.8. The molecule has 23 heavy (non-hydrogen) atoms. The van der Waals surface area contributed by atoms with Gasteiger partial charge in [0.2, 0.25) is 0 Å². The van der Waals surface area contributed by atoms with Gasteiger partial charge >= 0.3 is 5.97 Å². The summed E-state index contributed by atoms with van der Waals surface area (Å²) >= 11 is 8.23. The molecule has 122 valence electrons. The number of ether oxygens (including phenoxy) is 3. The minimum Gasteiger partial charge on any atom is -0.493 e. The van der Waals surface area contributed by atoms with Gasteiger partial charge in [0.05, 0.1) is 22.9 Å². The van der Waals surface area contributed by atoms with Crippen LogP contribution in [0.3, 0.4) is 0 Å². The maximum atomic E-state index is 11.9. The molecule has 2 aromatic rings. The summed E-state index contributed by atoms with van der Waals surface area (Å²) in [6.45, 7) is 2.40. The van der Waals surface area contributed by atoms with Crippen molar-refractivity contribution in [1.29, 1.82) is 0 Å². The van der Waals surface area contributed by atoms with Gasteiger partial charge in [-0.3, -0.25) is 0 Å². The third-order valence-electron chi connectivity index (χ3n) is 3.07. The molecule has 0 aliphatic carbocycles. The van der Waals surface area contributed by atoms with Crippen LogP contribution < -0.4 is 9.47 Å². The number of hydrogen-bond donors (Lipinski definition) is 0. The highest BCUT2D eigenvalue weighted by Crippen LogP contribution is 2.35. The van der Waals surface area contributed by atoms with E-state index in [2.05, 4.69) is 22.6 Å². The van der Waals surface area contributed by atoms with Crippen molar-refractivity contribution >= 4 is 40.2 Å². The number of carbonyl (C=O) groups is 1. The molecule has 0 saturated heterocycles. The molecule has 4 nitrogen and oxygen atoms in total. The van der Waals surface area contributed by atoms with Crippen LogP contribution in [0.15, 0.2) is 36.4 Å². The Labute approximate surface area is 153 Å². The van der Waals surface area contributed by atoms with Crippen molar-refractivity contribution in [3.8, 4) is 11.5 Å². The van der Waals surface area contributed by atoms with E-state index in [9.17, 15) is 4.79 Å². The third kappa shape index (κ3) is 4.51. The molecule has 0 saturated carbocycles. The molecule has 2 aromatic carbocycles. The minimum atomic E-state index is -0.388. The van der Waals surface area contributed by atoms with Crippen molar-refractivity contribution in [3.05, 3.63) is 56.1 Å². The summed E-state index contributed by atoms with van der Waals surface area (Å²) < 4.78 is 17.0. The normalized spacial score (nSPS) is 10.3. The van der Waals surface area contributed by atoms with Crippen LogP contribution in [-0.4, -0.2) is 19.7 Å². The topological polar surface area (TPSA) is 44.8 Å². The lowest BCUT2D eigenvalue weighted by atomic mass is 10.2. The van der Waals surface area contributed by atoms with Crippen LogP contribution in [-0.2, 0) is 11.3 Å². The summed E-state index contributed by atoms with van der Waals surface area (Å²) in [6, 6.07) is 10.8. The molecule has 0 aliphatic rings. The molecule has 0 amide bonds. The zero-order valence-corrected chi connectivity index (χ0v) is 15.7. The quantitative estimate of drug-likeness (QED) is 0.476. The maximum absolute atomic E-state index is 11.9. The number of methoxy groups -OCH3 is 1. The number of carbonyl (C=O) groups excluding carboxylic acids is 1. The number of hydrogen-bond acceptors (Lipinski definition) is 4. The first-order valence-electron chi connectivity index (χ1n) is 6.97. The van der Waals surface area contributed by atoms with E-state index in [1.165, 1.54) is 7.11 Å². The predicted molar refractivity (Wildman–Crippen MR) is 97.5 cm³/mol. The molecule has 0 aromatic heterocycles. The van der Waals surface area contributed by atoms with Crippen molar-refractivity contribution in [3.63, 3.8) is 0 Å². The Morgan fingerprint density at radius 2 is 2.00 bits per heavy atom. The van der Waals surface area contributed by atoms with Gasteiger partial charge < -0.3 is 14.2 Å². The fourth-order valence-electron chi connectivity index (χ4n) is 1.96. The summed E-state index contributed by atoms with van der Waals surface area (Å²) in [4.78, 5) is 11.9. The number of benzene rings is 2. The van der Waals surface area contributed by atoms with Crippen molar-refractivity contribution < 1.29 is 19.0 Å². The lowest BCUT2D eigenvalue weighted by Gasteiger charge is -2.14. The summed E-state index contributed by atoms with van der Waals surface area (Å²) in [7, 11) is 1.53. The SMILES string of the molecule is CCOC(=O)c1cc(I)c(OCc2ccccc2Cl)c(OC)c1. The number of halogens is 2. The lowest BCUT2D eigenvalue weighted by molar-refractivity contribution is 0.0525. The van der Waals surface area contributed by atoms with Gasteiger partial charge in [-0.25, -0.2) is 4.79 Å². The molecule has 0 fully saturated rings. The van der Waals surface area contributed by atoms with Crippen LogP contribution in [0.1, 0.15) is 22.8 Å². The third-order valence-corrected chi connectivity index (χ3v) is 4.24. The summed E-state index contributed by atoms with van der Waals surface area (Å²) in [5.74, 6) is 0.662. The van der Waals surface area contributed by atoms with E-state index in [4.69, 9.17) is 25.8 Å². The van der Waals surface area contributed by atoms with Gasteiger partial charge in [-0.1, -0.05) is 29.8 Å². The smallest absolute Gasteiger partial charge is 0.338 e. The van der Waals surface area contributed by atoms with E-state index >= 15 is 0 Å². The first kappa shape index (κ1) is 17.9. The largest absolute Gasteiger partial charge is 0.493 e. The van der Waals surface area contributed by atoms with Crippen LogP contribution in [0.25, 0.3) is 0 Å².